The summed E-state index contributed by atoms with van der Waals surface area (Å²) in [6, 6.07) is 6.22. The zero-order chi connectivity index (χ0) is 18.4. The van der Waals surface area contributed by atoms with E-state index in [0.29, 0.717) is 32.2 Å². The summed E-state index contributed by atoms with van der Waals surface area (Å²) in [4.78, 5) is 6.12. The van der Waals surface area contributed by atoms with E-state index in [9.17, 15) is 13.2 Å². The highest BCUT2D eigenvalue weighted by molar-refractivity contribution is 14.0. The number of aliphatic imine (C=N–C) groups is 1. The number of benzene rings is 1. The third-order valence-corrected chi connectivity index (χ3v) is 4.13. The lowest BCUT2D eigenvalue weighted by Gasteiger charge is -2.36. The van der Waals surface area contributed by atoms with Gasteiger partial charge in [-0.25, -0.2) is 0 Å². The van der Waals surface area contributed by atoms with Gasteiger partial charge in [-0.1, -0.05) is 23.8 Å². The van der Waals surface area contributed by atoms with Crippen LogP contribution in [0.5, 0.6) is 0 Å². The first-order chi connectivity index (χ1) is 11.8. The fraction of sp³-hybridized carbons (Fsp3) is 0.611. The van der Waals surface area contributed by atoms with Crippen LogP contribution >= 0.6 is 24.0 Å². The number of ether oxygens (including phenoxy) is 1. The van der Waals surface area contributed by atoms with Crippen molar-refractivity contribution in [2.24, 2.45) is 4.99 Å². The summed E-state index contributed by atoms with van der Waals surface area (Å²) in [5, 5.41) is 3.09. The predicted octanol–water partition coefficient (Wildman–Crippen LogP) is 4.21. The van der Waals surface area contributed by atoms with Crippen LogP contribution in [0.15, 0.2) is 23.2 Å². The van der Waals surface area contributed by atoms with Crippen molar-refractivity contribution in [2.75, 3.05) is 32.8 Å². The van der Waals surface area contributed by atoms with Crippen LogP contribution in [0.3, 0.4) is 0 Å². The molecule has 0 bridgehead atoms. The van der Waals surface area contributed by atoms with Crippen molar-refractivity contribution in [1.29, 1.82) is 0 Å². The second-order valence-corrected chi connectivity index (χ2v) is 6.27. The summed E-state index contributed by atoms with van der Waals surface area (Å²) in [5.74, 6) is 0.518. The minimum absolute atomic E-state index is 0. The molecule has 1 aromatic carbocycles. The van der Waals surface area contributed by atoms with E-state index in [-0.39, 0.29) is 36.6 Å². The van der Waals surface area contributed by atoms with Gasteiger partial charge in [0, 0.05) is 13.1 Å². The molecule has 26 heavy (non-hydrogen) atoms. The van der Waals surface area contributed by atoms with Gasteiger partial charge in [0.15, 0.2) is 5.96 Å². The van der Waals surface area contributed by atoms with E-state index < -0.39 is 12.6 Å². The summed E-state index contributed by atoms with van der Waals surface area (Å²) in [6.45, 7) is 8.03. The fourth-order valence-corrected chi connectivity index (χ4v) is 2.93. The number of halogens is 4. The Morgan fingerprint density at radius 1 is 1.35 bits per heavy atom. The second-order valence-electron chi connectivity index (χ2n) is 6.27. The van der Waals surface area contributed by atoms with Crippen LogP contribution < -0.4 is 5.32 Å². The zero-order valence-electron chi connectivity index (χ0n) is 15.4. The maximum atomic E-state index is 12.4. The molecule has 0 aromatic heterocycles. The highest BCUT2D eigenvalue weighted by atomic mass is 127. The van der Waals surface area contributed by atoms with Crippen molar-refractivity contribution in [3.8, 4) is 0 Å². The van der Waals surface area contributed by atoms with Crippen LogP contribution in [0.4, 0.5) is 13.2 Å². The van der Waals surface area contributed by atoms with E-state index >= 15 is 0 Å². The summed E-state index contributed by atoms with van der Waals surface area (Å²) >= 11 is 0. The summed E-state index contributed by atoms with van der Waals surface area (Å²) in [6.07, 6.45) is -5.21. The van der Waals surface area contributed by atoms with E-state index in [4.69, 9.17) is 4.74 Å². The van der Waals surface area contributed by atoms with Gasteiger partial charge in [0.2, 0.25) is 0 Å². The Balaban J connectivity index is 0.00000338. The summed E-state index contributed by atoms with van der Waals surface area (Å²) < 4.78 is 43.0. The number of morpholine rings is 1. The maximum absolute atomic E-state index is 12.4. The van der Waals surface area contributed by atoms with Crippen molar-refractivity contribution < 1.29 is 17.9 Å². The van der Waals surface area contributed by atoms with Crippen molar-refractivity contribution in [3.63, 3.8) is 0 Å². The SMILES string of the molecule is CCNC(=NCCC(F)(F)F)N1CCOC(c2ccc(C)cc2C)C1.I. The first-order valence-electron chi connectivity index (χ1n) is 8.59. The van der Waals surface area contributed by atoms with Crippen molar-refractivity contribution >= 4 is 29.9 Å². The Labute approximate surface area is 170 Å². The molecule has 148 valence electrons. The molecule has 1 unspecified atom stereocenters. The first kappa shape index (κ1) is 23.0. The van der Waals surface area contributed by atoms with E-state index in [0.717, 1.165) is 11.1 Å². The molecular weight excluding hydrogens is 458 g/mol. The van der Waals surface area contributed by atoms with Crippen LogP contribution in [0.25, 0.3) is 0 Å². The molecule has 0 spiro atoms. The van der Waals surface area contributed by atoms with Crippen LogP contribution in [-0.4, -0.2) is 49.8 Å². The molecule has 4 nitrogen and oxygen atoms in total. The number of rotatable bonds is 4. The number of nitrogens with zero attached hydrogens (tertiary/aromatic N) is 2. The molecule has 1 aromatic rings. The van der Waals surface area contributed by atoms with Crippen LogP contribution in [0.2, 0.25) is 0 Å². The monoisotopic (exact) mass is 485 g/mol. The van der Waals surface area contributed by atoms with Crippen LogP contribution in [0.1, 0.15) is 36.1 Å². The molecule has 0 saturated carbocycles. The molecule has 0 radical (unpaired) electrons. The topological polar surface area (TPSA) is 36.9 Å². The second kappa shape index (κ2) is 10.3. The minimum Gasteiger partial charge on any atom is -0.370 e. The molecule has 8 heteroatoms. The Bertz CT molecular complexity index is 608. The van der Waals surface area contributed by atoms with E-state index in [1.807, 2.05) is 31.7 Å². The van der Waals surface area contributed by atoms with Gasteiger partial charge in [0.05, 0.1) is 26.1 Å². The average molecular weight is 485 g/mol. The van der Waals surface area contributed by atoms with Crippen LogP contribution in [0, 0.1) is 13.8 Å². The smallest absolute Gasteiger partial charge is 0.370 e. The van der Waals surface area contributed by atoms with Gasteiger partial charge in [0.1, 0.15) is 6.10 Å². The molecule has 0 aliphatic carbocycles. The molecule has 1 fully saturated rings. The number of hydrogen-bond donors (Lipinski definition) is 1. The number of guanidine groups is 1. The van der Waals surface area contributed by atoms with Gasteiger partial charge in [-0.3, -0.25) is 4.99 Å². The molecule has 1 N–H and O–H groups in total. The molecule has 2 rings (SSSR count). The lowest BCUT2D eigenvalue weighted by atomic mass is 10.00. The van der Waals surface area contributed by atoms with Gasteiger partial charge >= 0.3 is 6.18 Å². The molecule has 1 aliphatic heterocycles. The Morgan fingerprint density at radius 2 is 2.08 bits per heavy atom. The van der Waals surface area contributed by atoms with Gasteiger partial charge in [-0.2, -0.15) is 13.2 Å². The van der Waals surface area contributed by atoms with Gasteiger partial charge in [-0.05, 0) is 31.9 Å². The Hall–Kier alpha value is -1.03. The molecule has 0 amide bonds. The van der Waals surface area contributed by atoms with E-state index in [1.165, 1.54) is 5.56 Å². The molecule has 1 saturated heterocycles. The van der Waals surface area contributed by atoms with Crippen molar-refractivity contribution in [2.45, 2.75) is 39.5 Å². The lowest BCUT2D eigenvalue weighted by molar-refractivity contribution is -0.132. The fourth-order valence-electron chi connectivity index (χ4n) is 2.93. The molecule has 1 atom stereocenters. The Kier molecular flexibility index (Phi) is 9.15. The van der Waals surface area contributed by atoms with Crippen molar-refractivity contribution in [3.05, 3.63) is 34.9 Å². The standard InChI is InChI=1S/C18H26F3N3O.HI/c1-4-22-17(23-8-7-18(19,20)21)24-9-10-25-16(12-24)15-6-5-13(2)11-14(15)3;/h5-6,11,16H,4,7-10,12H2,1-3H3,(H,22,23);1H. The summed E-state index contributed by atoms with van der Waals surface area (Å²) in [7, 11) is 0. The highest BCUT2D eigenvalue weighted by Gasteiger charge is 2.28. The van der Waals surface area contributed by atoms with Gasteiger partial charge < -0.3 is 15.0 Å². The zero-order valence-corrected chi connectivity index (χ0v) is 17.7. The molecule has 1 aliphatic rings. The summed E-state index contributed by atoms with van der Waals surface area (Å²) in [5.41, 5.74) is 3.46. The average Bonchev–Trinajstić information content (AvgIpc) is 2.53. The third kappa shape index (κ3) is 6.94. The first-order valence-corrected chi connectivity index (χ1v) is 8.59. The number of alkyl halides is 3. The largest absolute Gasteiger partial charge is 0.390 e. The maximum Gasteiger partial charge on any atom is 0.390 e. The minimum atomic E-state index is -4.19. The lowest BCUT2D eigenvalue weighted by Crippen LogP contribution is -2.48. The molecular formula is C18H27F3IN3O. The number of nitrogens with one attached hydrogen (secondary N) is 1. The van der Waals surface area contributed by atoms with Crippen LogP contribution in [-0.2, 0) is 4.74 Å². The normalized spacial score (nSPS) is 18.5. The molecule has 1 heterocycles. The van der Waals surface area contributed by atoms with Crippen molar-refractivity contribution in [1.82, 2.24) is 10.2 Å². The van der Waals surface area contributed by atoms with E-state index in [2.05, 4.69) is 22.4 Å². The highest BCUT2D eigenvalue weighted by Crippen LogP contribution is 2.26. The third-order valence-electron chi connectivity index (χ3n) is 4.13. The van der Waals surface area contributed by atoms with Gasteiger partial charge in [0.25, 0.3) is 0 Å². The number of aryl methyl sites for hydroxylation is 2. The quantitative estimate of drug-likeness (QED) is 0.395. The van der Waals surface area contributed by atoms with E-state index in [1.54, 1.807) is 0 Å². The Morgan fingerprint density at radius 3 is 2.69 bits per heavy atom. The van der Waals surface area contributed by atoms with Gasteiger partial charge in [-0.15, -0.1) is 24.0 Å². The number of hydrogen-bond acceptors (Lipinski definition) is 2. The predicted molar refractivity (Wildman–Crippen MR) is 108 cm³/mol.